The molecule has 1 amide bonds. The zero-order chi connectivity index (χ0) is 19.4. The van der Waals surface area contributed by atoms with Crippen molar-refractivity contribution in [2.24, 2.45) is 0 Å². The van der Waals surface area contributed by atoms with Crippen LogP contribution in [0.4, 0.5) is 0 Å². The summed E-state index contributed by atoms with van der Waals surface area (Å²) < 4.78 is 5.58. The molecule has 0 aliphatic carbocycles. The molecule has 6 heteroatoms. The van der Waals surface area contributed by atoms with Gasteiger partial charge in [0.15, 0.2) is 0 Å². The Morgan fingerprint density at radius 3 is 2.30 bits per heavy atom. The van der Waals surface area contributed by atoms with Crippen molar-refractivity contribution in [3.05, 3.63) is 74.2 Å². The van der Waals surface area contributed by atoms with Crippen LogP contribution < -0.4 is 0 Å². The molecule has 140 valence electrons. The van der Waals surface area contributed by atoms with E-state index in [1.807, 2.05) is 11.0 Å². The first-order valence-corrected chi connectivity index (χ1v) is 9.77. The predicted octanol–water partition coefficient (Wildman–Crippen LogP) is 5.21. The van der Waals surface area contributed by atoms with Crippen LogP contribution in [0.2, 0.25) is 5.02 Å². The van der Waals surface area contributed by atoms with Crippen LogP contribution in [0.3, 0.4) is 0 Å². The number of carbonyl (C=O) groups is 2. The van der Waals surface area contributed by atoms with E-state index in [1.54, 1.807) is 36.4 Å². The van der Waals surface area contributed by atoms with E-state index in [9.17, 15) is 9.59 Å². The first-order valence-electron chi connectivity index (χ1n) is 8.60. The lowest BCUT2D eigenvalue weighted by Crippen LogP contribution is -2.36. The predicted molar refractivity (Wildman–Crippen MR) is 110 cm³/mol. The average molecular weight is 449 g/mol. The Balaban J connectivity index is 1.66. The van der Waals surface area contributed by atoms with Gasteiger partial charge >= 0.3 is 5.97 Å². The maximum atomic E-state index is 12.6. The number of hydrogen-bond acceptors (Lipinski definition) is 3. The zero-order valence-electron chi connectivity index (χ0n) is 14.9. The minimum atomic E-state index is -0.357. The van der Waals surface area contributed by atoms with Gasteiger partial charge in [0.25, 0.3) is 5.91 Å². The molecular weight excluding hydrogens is 430 g/mol. The number of nitrogens with zero attached hydrogens (tertiary/aromatic N) is 1. The number of esters is 1. The molecule has 0 radical (unpaired) electrons. The molecule has 0 aromatic heterocycles. The van der Waals surface area contributed by atoms with E-state index in [0.29, 0.717) is 29.2 Å². The van der Waals surface area contributed by atoms with Crippen molar-refractivity contribution in [1.82, 2.24) is 4.90 Å². The quantitative estimate of drug-likeness (QED) is 0.606. The van der Waals surface area contributed by atoms with Gasteiger partial charge in [0, 0.05) is 28.1 Å². The van der Waals surface area contributed by atoms with Crippen LogP contribution in [0, 0.1) is 0 Å². The number of rotatable bonds is 3. The van der Waals surface area contributed by atoms with E-state index in [0.717, 1.165) is 22.9 Å². The van der Waals surface area contributed by atoms with E-state index >= 15 is 0 Å². The molecule has 0 unspecified atom stereocenters. The van der Waals surface area contributed by atoms with E-state index in [1.165, 1.54) is 12.7 Å². The minimum Gasteiger partial charge on any atom is -0.465 e. The molecule has 1 aliphatic rings. The van der Waals surface area contributed by atoms with E-state index < -0.39 is 0 Å². The van der Waals surface area contributed by atoms with Gasteiger partial charge in [-0.15, -0.1) is 0 Å². The van der Waals surface area contributed by atoms with Crippen molar-refractivity contribution >= 4 is 45.5 Å². The van der Waals surface area contributed by atoms with Gasteiger partial charge in [-0.05, 0) is 54.8 Å². The fourth-order valence-electron chi connectivity index (χ4n) is 3.03. The Morgan fingerprint density at radius 1 is 1.07 bits per heavy atom. The lowest BCUT2D eigenvalue weighted by Gasteiger charge is -2.28. The van der Waals surface area contributed by atoms with Crippen LogP contribution in [-0.4, -0.2) is 37.0 Å². The van der Waals surface area contributed by atoms with Crippen LogP contribution in [0.5, 0.6) is 0 Å². The van der Waals surface area contributed by atoms with Gasteiger partial charge in [0.2, 0.25) is 0 Å². The lowest BCUT2D eigenvalue weighted by molar-refractivity contribution is 0.0600. The van der Waals surface area contributed by atoms with E-state index in [-0.39, 0.29) is 11.9 Å². The van der Waals surface area contributed by atoms with Gasteiger partial charge < -0.3 is 9.64 Å². The van der Waals surface area contributed by atoms with E-state index in [4.69, 9.17) is 16.3 Å². The molecule has 0 saturated carbocycles. The molecule has 2 aromatic carbocycles. The highest BCUT2D eigenvalue weighted by Crippen LogP contribution is 2.26. The highest BCUT2D eigenvalue weighted by atomic mass is 79.9. The Bertz CT molecular complexity index is 883. The third kappa shape index (κ3) is 4.79. The molecule has 1 fully saturated rings. The molecule has 1 saturated heterocycles. The summed E-state index contributed by atoms with van der Waals surface area (Å²) in [5.41, 5.74) is 3.46. The normalized spacial score (nSPS) is 14.0. The fourth-order valence-corrected chi connectivity index (χ4v) is 3.64. The molecule has 1 heterocycles. The number of ether oxygens (including phenoxy) is 1. The van der Waals surface area contributed by atoms with Gasteiger partial charge in [0.1, 0.15) is 0 Å². The van der Waals surface area contributed by atoms with Gasteiger partial charge in [-0.1, -0.05) is 45.2 Å². The Kier molecular flexibility index (Phi) is 6.34. The van der Waals surface area contributed by atoms with Crippen molar-refractivity contribution in [2.45, 2.75) is 12.8 Å². The number of halogens is 2. The maximum absolute atomic E-state index is 12.6. The average Bonchev–Trinajstić information content (AvgIpc) is 2.69. The smallest absolute Gasteiger partial charge is 0.337 e. The largest absolute Gasteiger partial charge is 0.465 e. The molecule has 4 nitrogen and oxygen atoms in total. The number of hydrogen-bond donors (Lipinski definition) is 0. The van der Waals surface area contributed by atoms with Gasteiger partial charge in [0.05, 0.1) is 12.7 Å². The van der Waals surface area contributed by atoms with Crippen LogP contribution in [-0.2, 0) is 4.74 Å². The standard InChI is InChI=1S/C21H19BrClNO3/c1-27-21(26)17-3-2-16(19(22)13-17)12-14-8-10-24(11-9-14)20(25)15-4-6-18(23)7-5-15/h2-7,12-13H,8-11H2,1H3. The van der Waals surface area contributed by atoms with Crippen molar-refractivity contribution < 1.29 is 14.3 Å². The van der Waals surface area contributed by atoms with Gasteiger partial charge in [-0.3, -0.25) is 4.79 Å². The third-order valence-corrected chi connectivity index (χ3v) is 5.50. The van der Waals surface area contributed by atoms with Gasteiger partial charge in [-0.25, -0.2) is 4.79 Å². The minimum absolute atomic E-state index is 0.0364. The molecule has 27 heavy (non-hydrogen) atoms. The molecule has 3 rings (SSSR count). The Hall–Kier alpha value is -2.11. The molecule has 2 aromatic rings. The summed E-state index contributed by atoms with van der Waals surface area (Å²) in [6.45, 7) is 1.37. The molecule has 0 bridgehead atoms. The highest BCUT2D eigenvalue weighted by molar-refractivity contribution is 9.10. The number of carbonyl (C=O) groups excluding carboxylic acids is 2. The first-order chi connectivity index (χ1) is 13.0. The van der Waals surface area contributed by atoms with Crippen molar-refractivity contribution in [1.29, 1.82) is 0 Å². The Labute approximate surface area is 171 Å². The number of piperidine rings is 1. The van der Waals surface area contributed by atoms with Crippen LogP contribution >= 0.6 is 27.5 Å². The topological polar surface area (TPSA) is 46.6 Å². The number of benzene rings is 2. The van der Waals surface area contributed by atoms with E-state index in [2.05, 4.69) is 22.0 Å². The summed E-state index contributed by atoms with van der Waals surface area (Å²) >= 11 is 9.40. The highest BCUT2D eigenvalue weighted by Gasteiger charge is 2.20. The second-order valence-electron chi connectivity index (χ2n) is 6.33. The summed E-state index contributed by atoms with van der Waals surface area (Å²) in [6, 6.07) is 12.4. The zero-order valence-corrected chi connectivity index (χ0v) is 17.2. The van der Waals surface area contributed by atoms with Crippen LogP contribution in [0.1, 0.15) is 39.1 Å². The molecule has 0 atom stereocenters. The molecular formula is C21H19BrClNO3. The van der Waals surface area contributed by atoms with Crippen LogP contribution in [0.25, 0.3) is 6.08 Å². The van der Waals surface area contributed by atoms with Gasteiger partial charge in [-0.2, -0.15) is 0 Å². The first kappa shape index (κ1) is 19.6. The SMILES string of the molecule is COC(=O)c1ccc(C=C2CCN(C(=O)c3ccc(Cl)cc3)CC2)c(Br)c1. The second-order valence-corrected chi connectivity index (χ2v) is 7.62. The fraction of sp³-hybridized carbons (Fsp3) is 0.238. The van der Waals surface area contributed by atoms with Crippen molar-refractivity contribution in [3.63, 3.8) is 0 Å². The molecule has 0 N–H and O–H groups in total. The number of amides is 1. The van der Waals surface area contributed by atoms with Crippen LogP contribution in [0.15, 0.2) is 52.5 Å². The summed E-state index contributed by atoms with van der Waals surface area (Å²) in [5, 5.41) is 0.624. The van der Waals surface area contributed by atoms with Crippen molar-refractivity contribution in [3.8, 4) is 0 Å². The second kappa shape index (κ2) is 8.72. The maximum Gasteiger partial charge on any atom is 0.337 e. The molecule has 1 aliphatic heterocycles. The summed E-state index contributed by atoms with van der Waals surface area (Å²) in [6.07, 6.45) is 3.77. The molecule has 0 spiro atoms. The third-order valence-electron chi connectivity index (χ3n) is 4.57. The summed E-state index contributed by atoms with van der Waals surface area (Å²) in [7, 11) is 1.37. The number of methoxy groups -OCH3 is 1. The monoisotopic (exact) mass is 447 g/mol. The Morgan fingerprint density at radius 2 is 1.70 bits per heavy atom. The summed E-state index contributed by atoms with van der Waals surface area (Å²) in [4.78, 5) is 26.0. The summed E-state index contributed by atoms with van der Waals surface area (Å²) in [5.74, 6) is -0.321. The number of likely N-dealkylation sites (tertiary alicyclic amines) is 1. The van der Waals surface area contributed by atoms with Crippen molar-refractivity contribution in [2.75, 3.05) is 20.2 Å². The lowest BCUT2D eigenvalue weighted by atomic mass is 9.99.